The molecular formula is C39H72O2. The van der Waals surface area contributed by atoms with Gasteiger partial charge in [-0.2, -0.15) is 0 Å². The molecule has 2 heteroatoms. The summed E-state index contributed by atoms with van der Waals surface area (Å²) in [6, 6.07) is 0. The van der Waals surface area contributed by atoms with Gasteiger partial charge in [-0.05, 0) is 68.6 Å². The normalized spacial score (nSPS) is 25.3. The Bertz CT molecular complexity index is 648. The first-order valence-electron chi connectivity index (χ1n) is 19.3. The van der Waals surface area contributed by atoms with E-state index in [0.29, 0.717) is 6.61 Å². The van der Waals surface area contributed by atoms with Crippen LogP contribution in [0.5, 0.6) is 0 Å². The zero-order chi connectivity index (χ0) is 29.1. The maximum atomic E-state index is 14.2. The van der Waals surface area contributed by atoms with Gasteiger partial charge in [0, 0.05) is 0 Å². The van der Waals surface area contributed by atoms with Gasteiger partial charge in [0.1, 0.15) is 0 Å². The van der Waals surface area contributed by atoms with Crippen LogP contribution in [0.15, 0.2) is 0 Å². The summed E-state index contributed by atoms with van der Waals surface area (Å²) in [5.74, 6) is 2.13. The number of unbranched alkanes of at least 4 members (excludes halogenated alkanes) is 14. The van der Waals surface area contributed by atoms with Crippen molar-refractivity contribution in [1.29, 1.82) is 0 Å². The molecule has 3 rings (SSSR count). The average Bonchev–Trinajstić information content (AvgIpc) is 3.02. The van der Waals surface area contributed by atoms with Crippen LogP contribution in [0.3, 0.4) is 0 Å². The highest BCUT2D eigenvalue weighted by molar-refractivity contribution is 5.78. The third-order valence-electron chi connectivity index (χ3n) is 12.2. The summed E-state index contributed by atoms with van der Waals surface area (Å²) >= 11 is 0. The molecule has 3 fully saturated rings. The fourth-order valence-electron chi connectivity index (χ4n) is 9.48. The number of rotatable bonds is 21. The van der Waals surface area contributed by atoms with E-state index < -0.39 is 0 Å². The van der Waals surface area contributed by atoms with Gasteiger partial charge in [0.15, 0.2) is 0 Å². The highest BCUT2D eigenvalue weighted by Crippen LogP contribution is 2.61. The quantitative estimate of drug-likeness (QED) is 0.101. The summed E-state index contributed by atoms with van der Waals surface area (Å²) in [4.78, 5) is 14.2. The van der Waals surface area contributed by atoms with E-state index in [1.54, 1.807) is 0 Å². The van der Waals surface area contributed by atoms with Crippen LogP contribution in [0.2, 0.25) is 0 Å². The molecule has 240 valence electrons. The maximum absolute atomic E-state index is 14.2. The lowest BCUT2D eigenvalue weighted by Crippen LogP contribution is -2.52. The number of hydrogen-bond acceptors (Lipinski definition) is 2. The number of carbonyl (C=O) groups is 1. The fourth-order valence-corrected chi connectivity index (χ4v) is 9.48. The van der Waals surface area contributed by atoms with E-state index in [-0.39, 0.29) is 16.8 Å². The molecule has 0 radical (unpaired) electrons. The van der Waals surface area contributed by atoms with Crippen LogP contribution in [-0.4, -0.2) is 12.6 Å². The van der Waals surface area contributed by atoms with Crippen LogP contribution in [0, 0.1) is 22.7 Å². The molecule has 0 aromatic heterocycles. The number of esters is 1. The van der Waals surface area contributed by atoms with Crippen LogP contribution < -0.4 is 0 Å². The molecule has 3 aliphatic carbocycles. The van der Waals surface area contributed by atoms with Gasteiger partial charge in [-0.3, -0.25) is 4.79 Å². The first-order chi connectivity index (χ1) is 20.2. The Morgan fingerprint density at radius 3 is 1.56 bits per heavy atom. The van der Waals surface area contributed by atoms with E-state index in [4.69, 9.17) is 4.74 Å². The Balaban J connectivity index is 1.58. The molecule has 0 unspecified atom stereocenters. The molecule has 41 heavy (non-hydrogen) atoms. The maximum Gasteiger partial charge on any atom is 0.312 e. The van der Waals surface area contributed by atoms with Crippen molar-refractivity contribution in [1.82, 2.24) is 0 Å². The summed E-state index contributed by atoms with van der Waals surface area (Å²) in [6.07, 6.45) is 41.4. The third kappa shape index (κ3) is 11.2. The molecule has 0 spiro atoms. The minimum absolute atomic E-state index is 0.190. The van der Waals surface area contributed by atoms with E-state index in [1.165, 1.54) is 180 Å². The van der Waals surface area contributed by atoms with E-state index >= 15 is 0 Å². The van der Waals surface area contributed by atoms with Crippen molar-refractivity contribution in [2.75, 3.05) is 6.61 Å². The first-order valence-corrected chi connectivity index (χ1v) is 19.3. The minimum atomic E-state index is -0.190. The second-order valence-corrected chi connectivity index (χ2v) is 15.0. The largest absolute Gasteiger partial charge is 0.465 e. The number of ether oxygens (including phenoxy) is 1. The Labute approximate surface area is 257 Å². The van der Waals surface area contributed by atoms with Gasteiger partial charge in [-0.1, -0.05) is 162 Å². The van der Waals surface area contributed by atoms with Gasteiger partial charge in [0.25, 0.3) is 0 Å². The lowest BCUT2D eigenvalue weighted by atomic mass is 9.49. The van der Waals surface area contributed by atoms with Gasteiger partial charge >= 0.3 is 5.97 Å². The molecule has 0 aromatic carbocycles. The van der Waals surface area contributed by atoms with Crippen molar-refractivity contribution in [3.63, 3.8) is 0 Å². The van der Waals surface area contributed by atoms with Crippen molar-refractivity contribution in [3.8, 4) is 0 Å². The second-order valence-electron chi connectivity index (χ2n) is 15.0. The Kier molecular flexibility index (Phi) is 17.4. The van der Waals surface area contributed by atoms with Crippen molar-refractivity contribution in [2.45, 2.75) is 213 Å². The zero-order valence-corrected chi connectivity index (χ0v) is 28.1. The first kappa shape index (κ1) is 35.0. The molecule has 0 saturated heterocycles. The fraction of sp³-hybridized carbons (Fsp3) is 0.974. The molecule has 0 N–H and O–H groups in total. The molecule has 3 saturated carbocycles. The van der Waals surface area contributed by atoms with Gasteiger partial charge < -0.3 is 4.74 Å². The molecule has 0 heterocycles. The standard InChI is InChI=1S/C39H72O2/c1-3-5-7-9-11-13-15-21-29-38(32-27-36(28-33-38)35-25-19-17-20-26-35)39(30-22-18-23-31-39)37(40)41-34-24-16-14-12-10-8-6-4-2/h35-36H,3-34H2,1-2H3/t36-,38+. The highest BCUT2D eigenvalue weighted by atomic mass is 16.5. The van der Waals surface area contributed by atoms with Crippen molar-refractivity contribution < 1.29 is 9.53 Å². The summed E-state index contributed by atoms with van der Waals surface area (Å²) in [7, 11) is 0. The average molecular weight is 573 g/mol. The smallest absolute Gasteiger partial charge is 0.312 e. The Morgan fingerprint density at radius 1 is 0.537 bits per heavy atom. The molecule has 0 amide bonds. The van der Waals surface area contributed by atoms with Crippen molar-refractivity contribution in [3.05, 3.63) is 0 Å². The Morgan fingerprint density at radius 2 is 1.00 bits per heavy atom. The van der Waals surface area contributed by atoms with Crippen molar-refractivity contribution in [2.24, 2.45) is 22.7 Å². The van der Waals surface area contributed by atoms with E-state index in [9.17, 15) is 4.79 Å². The molecule has 0 bridgehead atoms. The second kappa shape index (κ2) is 20.4. The van der Waals surface area contributed by atoms with Gasteiger partial charge in [-0.15, -0.1) is 0 Å². The lowest BCUT2D eigenvalue weighted by molar-refractivity contribution is -0.175. The predicted molar refractivity (Wildman–Crippen MR) is 177 cm³/mol. The SMILES string of the molecule is CCCCCCCCCCOC(=O)C1([C@]2(CCCCCCCCCC)CC[C@H](C3CCCCC3)CC2)CCCCC1. The van der Waals surface area contributed by atoms with Crippen LogP contribution in [-0.2, 0) is 9.53 Å². The van der Waals surface area contributed by atoms with Crippen molar-refractivity contribution >= 4 is 5.97 Å². The molecule has 0 aromatic rings. The van der Waals surface area contributed by atoms with Gasteiger partial charge in [0.2, 0.25) is 0 Å². The van der Waals surface area contributed by atoms with Crippen LogP contribution in [0.25, 0.3) is 0 Å². The summed E-state index contributed by atoms with van der Waals surface area (Å²) in [5.41, 5.74) is 0.0151. The monoisotopic (exact) mass is 573 g/mol. The Hall–Kier alpha value is -0.530. The van der Waals surface area contributed by atoms with Crippen LogP contribution in [0.4, 0.5) is 0 Å². The molecule has 2 nitrogen and oxygen atoms in total. The van der Waals surface area contributed by atoms with Gasteiger partial charge in [-0.25, -0.2) is 0 Å². The van der Waals surface area contributed by atoms with E-state index in [1.807, 2.05) is 0 Å². The topological polar surface area (TPSA) is 26.3 Å². The van der Waals surface area contributed by atoms with Crippen LogP contribution >= 0.6 is 0 Å². The summed E-state index contributed by atoms with van der Waals surface area (Å²) in [6.45, 7) is 5.26. The lowest BCUT2D eigenvalue weighted by Gasteiger charge is -2.55. The summed E-state index contributed by atoms with van der Waals surface area (Å²) in [5, 5.41) is 0. The predicted octanol–water partition coefficient (Wildman–Crippen LogP) is 12.9. The third-order valence-corrected chi connectivity index (χ3v) is 12.2. The van der Waals surface area contributed by atoms with Gasteiger partial charge in [0.05, 0.1) is 12.0 Å². The molecule has 0 atom stereocenters. The van der Waals surface area contributed by atoms with E-state index in [0.717, 1.165) is 31.1 Å². The molecule has 3 aliphatic rings. The molecule has 0 aliphatic heterocycles. The zero-order valence-electron chi connectivity index (χ0n) is 28.1. The van der Waals surface area contributed by atoms with Crippen LogP contribution in [0.1, 0.15) is 213 Å². The highest BCUT2D eigenvalue weighted by Gasteiger charge is 2.57. The number of carbonyl (C=O) groups excluding carboxylic acids is 1. The summed E-state index contributed by atoms with van der Waals surface area (Å²) < 4.78 is 6.29. The molecular weight excluding hydrogens is 500 g/mol. The van der Waals surface area contributed by atoms with E-state index in [2.05, 4.69) is 13.8 Å². The minimum Gasteiger partial charge on any atom is -0.465 e. The number of hydrogen-bond donors (Lipinski definition) is 0.